The molecule has 0 amide bonds. The summed E-state index contributed by atoms with van der Waals surface area (Å²) in [6.07, 6.45) is 3.29. The van der Waals surface area contributed by atoms with Crippen LogP contribution in [-0.4, -0.2) is 28.6 Å². The monoisotopic (exact) mass is 336 g/mol. The van der Waals surface area contributed by atoms with Gasteiger partial charge in [-0.1, -0.05) is 13.3 Å². The number of ether oxygens (including phenoxy) is 1. The third-order valence-corrected chi connectivity index (χ3v) is 4.48. The van der Waals surface area contributed by atoms with E-state index in [-0.39, 0.29) is 5.57 Å². The van der Waals surface area contributed by atoms with Gasteiger partial charge in [0.15, 0.2) is 0 Å². The number of carboxylic acid groups (broad SMARTS) is 1. The van der Waals surface area contributed by atoms with E-state index in [1.807, 2.05) is 6.92 Å². The number of hydrogen-bond acceptors (Lipinski definition) is 6. The first-order valence-corrected chi connectivity index (χ1v) is 8.33. The Morgan fingerprint density at radius 3 is 2.61 bits per heavy atom. The molecule has 7 heteroatoms. The number of aliphatic carboxylic acids is 1. The number of nitrogens with one attached hydrogen (secondary N) is 1. The van der Waals surface area contributed by atoms with E-state index >= 15 is 0 Å². The molecule has 1 atom stereocenters. The second-order valence-corrected chi connectivity index (χ2v) is 6.23. The molecule has 2 N–H and O–H groups in total. The van der Waals surface area contributed by atoms with Crippen molar-refractivity contribution in [1.82, 2.24) is 10.3 Å². The molecular weight excluding hydrogens is 316 g/mol. The van der Waals surface area contributed by atoms with Crippen LogP contribution in [0.4, 0.5) is 0 Å². The molecular formula is C16H20N2O4S. The summed E-state index contributed by atoms with van der Waals surface area (Å²) in [6.45, 7) is 5.77. The van der Waals surface area contributed by atoms with Gasteiger partial charge in [0.25, 0.3) is 0 Å². The molecule has 0 saturated carbocycles. The largest absolute Gasteiger partial charge is 0.478 e. The highest BCUT2D eigenvalue weighted by atomic mass is 32.1. The molecule has 2 heterocycles. The number of allylic oxidation sites excluding steroid dienone is 2. The third-order valence-electron chi connectivity index (χ3n) is 3.64. The van der Waals surface area contributed by atoms with E-state index in [9.17, 15) is 14.7 Å². The van der Waals surface area contributed by atoms with Crippen molar-refractivity contribution in [2.24, 2.45) is 0 Å². The van der Waals surface area contributed by atoms with Crippen molar-refractivity contribution in [2.45, 2.75) is 39.5 Å². The third kappa shape index (κ3) is 3.61. The molecule has 0 aromatic carbocycles. The number of dihydropyridines is 1. The van der Waals surface area contributed by atoms with E-state index < -0.39 is 17.9 Å². The van der Waals surface area contributed by atoms with E-state index in [1.54, 1.807) is 25.4 Å². The van der Waals surface area contributed by atoms with E-state index in [1.165, 1.54) is 11.3 Å². The zero-order valence-electron chi connectivity index (χ0n) is 13.4. The molecule has 0 aliphatic carbocycles. The SMILES string of the molecule is CCCCOC(=O)C1=C(C)NC(C)=C(C(=O)O)C1c1nccs1. The van der Waals surface area contributed by atoms with Gasteiger partial charge in [0.1, 0.15) is 5.01 Å². The predicted molar refractivity (Wildman–Crippen MR) is 86.9 cm³/mol. The Kier molecular flexibility index (Phi) is 5.54. The van der Waals surface area contributed by atoms with Gasteiger partial charge in [0.2, 0.25) is 0 Å². The maximum absolute atomic E-state index is 12.5. The molecule has 0 radical (unpaired) electrons. The van der Waals surface area contributed by atoms with Crippen LogP contribution in [0.5, 0.6) is 0 Å². The van der Waals surface area contributed by atoms with E-state index in [0.29, 0.717) is 28.6 Å². The summed E-state index contributed by atoms with van der Waals surface area (Å²) in [5.41, 5.74) is 1.57. The molecule has 0 spiro atoms. The minimum atomic E-state index is -1.07. The predicted octanol–water partition coefficient (Wildman–Crippen LogP) is 2.81. The first-order valence-electron chi connectivity index (χ1n) is 7.45. The fourth-order valence-electron chi connectivity index (χ4n) is 2.56. The van der Waals surface area contributed by atoms with Crippen molar-refractivity contribution in [3.8, 4) is 0 Å². The van der Waals surface area contributed by atoms with Gasteiger partial charge in [0.05, 0.1) is 23.7 Å². The zero-order valence-corrected chi connectivity index (χ0v) is 14.2. The quantitative estimate of drug-likeness (QED) is 0.613. The Hall–Kier alpha value is -2.15. The molecule has 124 valence electrons. The maximum atomic E-state index is 12.5. The second kappa shape index (κ2) is 7.41. The minimum absolute atomic E-state index is 0.132. The Balaban J connectivity index is 2.43. The highest BCUT2D eigenvalue weighted by Gasteiger charge is 2.38. The van der Waals surface area contributed by atoms with Crippen LogP contribution < -0.4 is 5.32 Å². The summed E-state index contributed by atoms with van der Waals surface area (Å²) in [6, 6.07) is 0. The fourth-order valence-corrected chi connectivity index (χ4v) is 3.31. The standard InChI is InChI=1S/C16H20N2O4S/c1-4-5-7-22-16(21)12-10(3)18-9(2)11(15(19)20)13(12)14-17-6-8-23-14/h6,8,13,18H,4-5,7H2,1-3H3,(H,19,20). The number of carbonyl (C=O) groups excluding carboxylic acids is 1. The van der Waals surface area contributed by atoms with Crippen molar-refractivity contribution in [1.29, 1.82) is 0 Å². The van der Waals surface area contributed by atoms with Crippen LogP contribution in [0.1, 0.15) is 44.5 Å². The van der Waals surface area contributed by atoms with Gasteiger partial charge in [-0.15, -0.1) is 11.3 Å². The second-order valence-electron chi connectivity index (χ2n) is 5.30. The van der Waals surface area contributed by atoms with Crippen molar-refractivity contribution >= 4 is 23.3 Å². The lowest BCUT2D eigenvalue weighted by molar-refractivity contribution is -0.139. The topological polar surface area (TPSA) is 88.5 Å². The number of thiazole rings is 1. The van der Waals surface area contributed by atoms with Gasteiger partial charge in [-0.3, -0.25) is 0 Å². The summed E-state index contributed by atoms with van der Waals surface area (Å²) >= 11 is 1.33. The van der Waals surface area contributed by atoms with Crippen molar-refractivity contribution in [3.63, 3.8) is 0 Å². The molecule has 23 heavy (non-hydrogen) atoms. The van der Waals surface area contributed by atoms with Crippen LogP contribution in [0.15, 0.2) is 34.1 Å². The molecule has 1 unspecified atom stereocenters. The average molecular weight is 336 g/mol. The molecule has 0 saturated heterocycles. The summed E-state index contributed by atoms with van der Waals surface area (Å²) in [5, 5.41) is 14.9. The number of hydrogen-bond donors (Lipinski definition) is 2. The Morgan fingerprint density at radius 2 is 2.04 bits per heavy atom. The van der Waals surface area contributed by atoms with Crippen molar-refractivity contribution < 1.29 is 19.4 Å². The lowest BCUT2D eigenvalue weighted by Crippen LogP contribution is -2.31. The summed E-state index contributed by atoms with van der Waals surface area (Å²) in [7, 11) is 0. The molecule has 1 aromatic heterocycles. The van der Waals surface area contributed by atoms with E-state index in [0.717, 1.165) is 12.8 Å². The molecule has 2 rings (SSSR count). The van der Waals surface area contributed by atoms with Gasteiger partial charge in [0, 0.05) is 23.0 Å². The number of esters is 1. The van der Waals surface area contributed by atoms with Crippen LogP contribution in [-0.2, 0) is 14.3 Å². The Labute approximate surface area is 138 Å². The highest BCUT2D eigenvalue weighted by molar-refractivity contribution is 7.09. The van der Waals surface area contributed by atoms with Crippen molar-refractivity contribution in [2.75, 3.05) is 6.61 Å². The lowest BCUT2D eigenvalue weighted by Gasteiger charge is -2.28. The average Bonchev–Trinajstić information content (AvgIpc) is 2.99. The van der Waals surface area contributed by atoms with Crippen LogP contribution >= 0.6 is 11.3 Å². The van der Waals surface area contributed by atoms with Crippen LogP contribution in [0.3, 0.4) is 0 Å². The zero-order chi connectivity index (χ0) is 17.0. The lowest BCUT2D eigenvalue weighted by atomic mass is 9.86. The van der Waals surface area contributed by atoms with Gasteiger partial charge in [-0.05, 0) is 20.3 Å². The van der Waals surface area contributed by atoms with Gasteiger partial charge < -0.3 is 15.2 Å². The number of rotatable bonds is 6. The van der Waals surface area contributed by atoms with E-state index in [4.69, 9.17) is 4.74 Å². The van der Waals surface area contributed by atoms with Crippen molar-refractivity contribution in [3.05, 3.63) is 39.1 Å². The van der Waals surface area contributed by atoms with Gasteiger partial charge >= 0.3 is 11.9 Å². The van der Waals surface area contributed by atoms with Gasteiger partial charge in [-0.2, -0.15) is 0 Å². The Bertz CT molecular complexity index is 662. The first-order chi connectivity index (χ1) is 11.0. The van der Waals surface area contributed by atoms with Crippen LogP contribution in [0, 0.1) is 0 Å². The molecule has 1 aromatic rings. The minimum Gasteiger partial charge on any atom is -0.478 e. The molecule has 1 aliphatic heterocycles. The molecule has 0 bridgehead atoms. The first kappa shape index (κ1) is 17.2. The Morgan fingerprint density at radius 1 is 1.35 bits per heavy atom. The number of unbranched alkanes of at least 4 members (excludes halogenated alkanes) is 1. The highest BCUT2D eigenvalue weighted by Crippen LogP contribution is 2.39. The molecule has 0 fully saturated rings. The van der Waals surface area contributed by atoms with Crippen LogP contribution in [0.2, 0.25) is 0 Å². The van der Waals surface area contributed by atoms with Gasteiger partial charge in [-0.25, -0.2) is 14.6 Å². The summed E-state index contributed by atoms with van der Waals surface area (Å²) in [4.78, 5) is 28.4. The summed E-state index contributed by atoms with van der Waals surface area (Å²) < 4.78 is 5.31. The fraction of sp³-hybridized carbons (Fsp3) is 0.438. The smallest absolute Gasteiger partial charge is 0.336 e. The summed E-state index contributed by atoms with van der Waals surface area (Å²) in [5.74, 6) is -2.26. The number of nitrogens with zero attached hydrogens (tertiary/aromatic N) is 1. The normalized spacial score (nSPS) is 18.0. The number of carbonyl (C=O) groups is 2. The van der Waals surface area contributed by atoms with Crippen LogP contribution in [0.25, 0.3) is 0 Å². The maximum Gasteiger partial charge on any atom is 0.336 e. The molecule has 1 aliphatic rings. The number of aromatic nitrogens is 1. The van der Waals surface area contributed by atoms with E-state index in [2.05, 4.69) is 10.3 Å². The number of carboxylic acids is 1. The molecule has 6 nitrogen and oxygen atoms in total.